The smallest absolute Gasteiger partial charge is 0.398 e. The average molecular weight is 261 g/mol. The van der Waals surface area contributed by atoms with Crippen molar-refractivity contribution in [2.75, 3.05) is 0 Å². The molecule has 18 heavy (non-hydrogen) atoms. The molecule has 0 amide bonds. The van der Waals surface area contributed by atoms with Gasteiger partial charge in [-0.15, -0.1) is 0 Å². The molecule has 1 atom stereocenters. The van der Waals surface area contributed by atoms with Crippen molar-refractivity contribution in [1.82, 2.24) is 5.32 Å². The predicted octanol–water partition coefficient (Wildman–Crippen LogP) is 2.71. The molecule has 0 saturated heterocycles. The van der Waals surface area contributed by atoms with Crippen molar-refractivity contribution in [3.05, 3.63) is 23.0 Å². The van der Waals surface area contributed by atoms with Gasteiger partial charge in [-0.2, -0.15) is 13.2 Å². The molecule has 0 fully saturated rings. The molecule has 0 spiro atoms. The molecule has 1 unspecified atom stereocenters. The highest BCUT2D eigenvalue weighted by atomic mass is 19.4. The lowest BCUT2D eigenvalue weighted by atomic mass is 9.97. The standard InChI is InChI=1S/C12H18F3N3/c1-6(2)18-11-8(4)7(3)10(16)9(5-17-11)12(13,14)15/h5-6,8H,16H2,1-4H3,(H,17,18). The van der Waals surface area contributed by atoms with Gasteiger partial charge in [-0.05, 0) is 26.3 Å². The topological polar surface area (TPSA) is 50.4 Å². The van der Waals surface area contributed by atoms with E-state index in [4.69, 9.17) is 5.73 Å². The van der Waals surface area contributed by atoms with Crippen molar-refractivity contribution in [3.63, 3.8) is 0 Å². The quantitative estimate of drug-likeness (QED) is 0.762. The first kappa shape index (κ1) is 14.6. The number of halogens is 3. The third-order valence-corrected chi connectivity index (χ3v) is 2.84. The zero-order chi connectivity index (χ0) is 14.1. The Hall–Kier alpha value is -1.46. The van der Waals surface area contributed by atoms with Gasteiger partial charge in [-0.25, -0.2) is 0 Å². The summed E-state index contributed by atoms with van der Waals surface area (Å²) in [6.07, 6.45) is -3.57. The first-order valence-electron chi connectivity index (χ1n) is 5.72. The fraction of sp³-hybridized carbons (Fsp3) is 0.583. The van der Waals surface area contributed by atoms with Gasteiger partial charge in [0.15, 0.2) is 0 Å². The number of amidine groups is 1. The Morgan fingerprint density at radius 1 is 1.39 bits per heavy atom. The second-order valence-electron chi connectivity index (χ2n) is 4.63. The summed E-state index contributed by atoms with van der Waals surface area (Å²) >= 11 is 0. The Morgan fingerprint density at radius 2 is 1.94 bits per heavy atom. The molecule has 0 aromatic heterocycles. The zero-order valence-electron chi connectivity index (χ0n) is 10.9. The molecule has 3 nitrogen and oxygen atoms in total. The van der Waals surface area contributed by atoms with Crippen molar-refractivity contribution in [2.45, 2.75) is 39.9 Å². The maximum absolute atomic E-state index is 12.8. The van der Waals surface area contributed by atoms with Gasteiger partial charge in [0.25, 0.3) is 0 Å². The second kappa shape index (κ2) is 5.04. The van der Waals surface area contributed by atoms with E-state index in [2.05, 4.69) is 10.3 Å². The van der Waals surface area contributed by atoms with Crippen molar-refractivity contribution >= 4 is 5.84 Å². The van der Waals surface area contributed by atoms with E-state index in [1.54, 1.807) is 13.8 Å². The molecule has 0 saturated carbocycles. The summed E-state index contributed by atoms with van der Waals surface area (Å²) < 4.78 is 38.4. The van der Waals surface area contributed by atoms with Crippen LogP contribution in [0.15, 0.2) is 28.0 Å². The van der Waals surface area contributed by atoms with E-state index in [-0.39, 0.29) is 17.7 Å². The van der Waals surface area contributed by atoms with Crippen LogP contribution >= 0.6 is 0 Å². The summed E-state index contributed by atoms with van der Waals surface area (Å²) in [7, 11) is 0. The summed E-state index contributed by atoms with van der Waals surface area (Å²) in [6.45, 7) is 7.11. The maximum Gasteiger partial charge on any atom is 0.419 e. The molecule has 6 heteroatoms. The number of rotatable bonds is 1. The zero-order valence-corrected chi connectivity index (χ0v) is 10.9. The number of nitrogens with zero attached hydrogens (tertiary/aromatic N) is 1. The Morgan fingerprint density at radius 3 is 2.39 bits per heavy atom. The van der Waals surface area contributed by atoms with E-state index in [1.807, 2.05) is 13.8 Å². The van der Waals surface area contributed by atoms with E-state index in [0.29, 0.717) is 11.4 Å². The average Bonchev–Trinajstić information content (AvgIpc) is 2.31. The van der Waals surface area contributed by atoms with Crippen LogP contribution in [0.5, 0.6) is 0 Å². The molecular formula is C12H18F3N3. The van der Waals surface area contributed by atoms with Crippen molar-refractivity contribution in [1.29, 1.82) is 0 Å². The van der Waals surface area contributed by atoms with Gasteiger partial charge in [0, 0.05) is 23.9 Å². The van der Waals surface area contributed by atoms with Crippen LogP contribution in [-0.4, -0.2) is 18.1 Å². The van der Waals surface area contributed by atoms with E-state index in [0.717, 1.165) is 6.20 Å². The van der Waals surface area contributed by atoms with Gasteiger partial charge in [-0.1, -0.05) is 6.92 Å². The van der Waals surface area contributed by atoms with Crippen molar-refractivity contribution in [2.24, 2.45) is 16.6 Å². The highest BCUT2D eigenvalue weighted by Gasteiger charge is 2.38. The largest absolute Gasteiger partial charge is 0.419 e. The number of nitrogens with two attached hydrogens (primary N) is 1. The van der Waals surface area contributed by atoms with Crippen LogP contribution in [0.4, 0.5) is 13.2 Å². The summed E-state index contributed by atoms with van der Waals surface area (Å²) in [6, 6.07) is 0.00445. The lowest BCUT2D eigenvalue weighted by Crippen LogP contribution is -2.26. The lowest BCUT2D eigenvalue weighted by Gasteiger charge is -2.16. The number of hydrogen-bond acceptors (Lipinski definition) is 2. The van der Waals surface area contributed by atoms with Crippen molar-refractivity contribution < 1.29 is 13.2 Å². The molecule has 3 N–H and O–H groups in total. The fourth-order valence-electron chi connectivity index (χ4n) is 1.66. The molecule has 1 rings (SSSR count). The first-order chi connectivity index (χ1) is 8.14. The van der Waals surface area contributed by atoms with Crippen LogP contribution < -0.4 is 11.1 Å². The monoisotopic (exact) mass is 261 g/mol. The van der Waals surface area contributed by atoms with Gasteiger partial charge in [0.1, 0.15) is 5.84 Å². The Labute approximate surface area is 105 Å². The lowest BCUT2D eigenvalue weighted by molar-refractivity contribution is -0.0897. The van der Waals surface area contributed by atoms with Gasteiger partial charge < -0.3 is 11.1 Å². The van der Waals surface area contributed by atoms with Crippen molar-refractivity contribution in [3.8, 4) is 0 Å². The normalized spacial score (nSPS) is 24.1. The predicted molar refractivity (Wildman–Crippen MR) is 65.9 cm³/mol. The molecule has 102 valence electrons. The number of aliphatic imine (C=N–C) groups is 1. The Kier molecular flexibility index (Phi) is 4.09. The Balaban J connectivity index is 3.27. The van der Waals surface area contributed by atoms with Crippen LogP contribution in [0.1, 0.15) is 27.7 Å². The van der Waals surface area contributed by atoms with E-state index >= 15 is 0 Å². The minimum absolute atomic E-state index is 0.00445. The third kappa shape index (κ3) is 3.05. The van der Waals surface area contributed by atoms with Gasteiger partial charge in [0.05, 0.1) is 5.57 Å². The minimum atomic E-state index is -4.47. The second-order valence-corrected chi connectivity index (χ2v) is 4.63. The summed E-state index contributed by atoms with van der Waals surface area (Å²) in [5, 5.41) is 2.63. The molecule has 0 aromatic carbocycles. The molecule has 0 aliphatic carbocycles. The van der Waals surface area contributed by atoms with Crippen LogP contribution in [0.2, 0.25) is 0 Å². The van der Waals surface area contributed by atoms with E-state index in [1.165, 1.54) is 0 Å². The molecular weight excluding hydrogens is 243 g/mol. The van der Waals surface area contributed by atoms with Crippen LogP contribution in [0, 0.1) is 5.92 Å². The van der Waals surface area contributed by atoms with Crippen LogP contribution in [0.25, 0.3) is 0 Å². The Bertz CT molecular complexity index is 417. The molecule has 0 aromatic rings. The number of allylic oxidation sites excluding steroid dienone is 1. The summed E-state index contributed by atoms with van der Waals surface area (Å²) in [5.41, 5.74) is 4.99. The van der Waals surface area contributed by atoms with Gasteiger partial charge in [-0.3, -0.25) is 4.99 Å². The first-order valence-corrected chi connectivity index (χ1v) is 5.72. The molecule has 1 aliphatic rings. The van der Waals surface area contributed by atoms with Gasteiger partial charge in [0.2, 0.25) is 0 Å². The van der Waals surface area contributed by atoms with E-state index in [9.17, 15) is 13.2 Å². The fourth-order valence-corrected chi connectivity index (χ4v) is 1.66. The number of hydrogen-bond donors (Lipinski definition) is 2. The summed E-state index contributed by atoms with van der Waals surface area (Å²) in [5.74, 6) is 0.244. The highest BCUT2D eigenvalue weighted by Crippen LogP contribution is 2.33. The van der Waals surface area contributed by atoms with E-state index < -0.39 is 11.7 Å². The minimum Gasteiger partial charge on any atom is -0.398 e. The summed E-state index contributed by atoms with van der Waals surface area (Å²) in [4.78, 5) is 4.28. The molecule has 1 heterocycles. The molecule has 1 aliphatic heterocycles. The number of nitrogens with one attached hydrogen (secondary N) is 1. The SMILES string of the molecule is CC1=C(N)C(C(F)(F)F)=CNC(=NC(C)C)C1C. The van der Waals surface area contributed by atoms with Crippen LogP contribution in [0.3, 0.4) is 0 Å². The third-order valence-electron chi connectivity index (χ3n) is 2.84. The van der Waals surface area contributed by atoms with Gasteiger partial charge >= 0.3 is 6.18 Å². The molecule has 0 bridgehead atoms. The maximum atomic E-state index is 12.8. The molecule has 0 radical (unpaired) electrons. The highest BCUT2D eigenvalue weighted by molar-refractivity contribution is 5.88. The number of alkyl halides is 3. The van der Waals surface area contributed by atoms with Crippen LogP contribution in [-0.2, 0) is 0 Å².